The number of phenols is 1. The number of hydrogen-bond donors (Lipinski definition) is 2. The Morgan fingerprint density at radius 2 is 1.70 bits per heavy atom. The summed E-state index contributed by atoms with van der Waals surface area (Å²) in [7, 11) is -3.97. The highest BCUT2D eigenvalue weighted by atomic mass is 35.5. The monoisotopic (exact) mass is 406 g/mol. The molecule has 7 heteroatoms. The summed E-state index contributed by atoms with van der Waals surface area (Å²) in [6.45, 7) is 1.42. The molecule has 0 aromatic heterocycles. The average molecular weight is 407 g/mol. The molecule has 0 bridgehead atoms. The summed E-state index contributed by atoms with van der Waals surface area (Å²) in [6.07, 6.45) is -1.13. The predicted octanol–water partition coefficient (Wildman–Crippen LogP) is 3.82. The van der Waals surface area contributed by atoms with Crippen LogP contribution in [0.2, 0.25) is 5.02 Å². The lowest BCUT2D eigenvalue weighted by Crippen LogP contribution is -2.21. The molecule has 0 amide bonds. The van der Waals surface area contributed by atoms with E-state index in [0.717, 1.165) is 5.56 Å². The van der Waals surface area contributed by atoms with Crippen LogP contribution in [0.15, 0.2) is 59.5 Å². The Labute approximate surface area is 162 Å². The normalized spacial score (nSPS) is 13.0. The summed E-state index contributed by atoms with van der Waals surface area (Å²) in [6, 6.07) is 14.9. The molecule has 142 valence electrons. The number of fused-ring (bicyclic) bond motifs is 1. The Morgan fingerprint density at radius 3 is 2.37 bits per heavy atom. The Kier molecular flexibility index (Phi) is 5.72. The minimum absolute atomic E-state index is 0.000193. The second-order valence-corrected chi connectivity index (χ2v) is 8.34. The van der Waals surface area contributed by atoms with Crippen molar-refractivity contribution in [2.24, 2.45) is 0 Å². The number of halogens is 1. The largest absolute Gasteiger partial charge is 0.507 e. The third-order valence-electron chi connectivity index (χ3n) is 4.23. The summed E-state index contributed by atoms with van der Waals surface area (Å²) in [5, 5.41) is 22.3. The highest BCUT2D eigenvalue weighted by Gasteiger charge is 2.19. The smallest absolute Gasteiger partial charge is 0.297 e. The van der Waals surface area contributed by atoms with E-state index in [2.05, 4.69) is 0 Å². The van der Waals surface area contributed by atoms with E-state index in [1.54, 1.807) is 36.4 Å². The van der Waals surface area contributed by atoms with Crippen molar-refractivity contribution < 1.29 is 22.8 Å². The summed E-state index contributed by atoms with van der Waals surface area (Å²) in [5.74, 6) is 0.00967. The number of phenolic OH excluding ortho intramolecular Hbond substituents is 1. The molecule has 27 heavy (non-hydrogen) atoms. The molecule has 3 aromatic carbocycles. The van der Waals surface area contributed by atoms with Gasteiger partial charge in [0.15, 0.2) is 0 Å². The van der Waals surface area contributed by atoms with Crippen molar-refractivity contribution in [3.63, 3.8) is 0 Å². The molecule has 0 aliphatic carbocycles. The van der Waals surface area contributed by atoms with Crippen molar-refractivity contribution in [1.29, 1.82) is 0 Å². The van der Waals surface area contributed by atoms with Gasteiger partial charge in [-0.25, -0.2) is 0 Å². The fraction of sp³-hybridized carbons (Fsp3) is 0.200. The lowest BCUT2D eigenvalue weighted by molar-refractivity contribution is 0.110. The highest BCUT2D eigenvalue weighted by Crippen LogP contribution is 2.34. The molecule has 3 rings (SSSR count). The number of aliphatic hydroxyl groups is 1. The van der Waals surface area contributed by atoms with Gasteiger partial charge in [0.2, 0.25) is 0 Å². The first-order valence-corrected chi connectivity index (χ1v) is 10.1. The van der Waals surface area contributed by atoms with Gasteiger partial charge in [0.25, 0.3) is 10.1 Å². The summed E-state index contributed by atoms with van der Waals surface area (Å²) in [5.41, 5.74) is 1.35. The standard InChI is InChI=1S/C20H19ClO5S/c1-13-6-8-16(9-7-13)27(24,25)26-12-15(22)10-14-11-19(21)17-4-2-3-5-18(17)20(14)23/h2-9,11,15,22-23H,10,12H2,1H3. The molecule has 0 fully saturated rings. The van der Waals surface area contributed by atoms with E-state index in [1.807, 2.05) is 13.0 Å². The number of aliphatic hydroxyl groups excluding tert-OH is 1. The van der Waals surface area contributed by atoms with Crippen LogP contribution in [0.1, 0.15) is 11.1 Å². The Hall–Kier alpha value is -2.12. The first kappa shape index (κ1) is 19.6. The van der Waals surface area contributed by atoms with E-state index >= 15 is 0 Å². The molecular formula is C20H19ClO5S. The maximum atomic E-state index is 12.2. The van der Waals surface area contributed by atoms with Crippen molar-refractivity contribution in [1.82, 2.24) is 0 Å². The predicted molar refractivity (Wildman–Crippen MR) is 105 cm³/mol. The van der Waals surface area contributed by atoms with E-state index in [0.29, 0.717) is 21.4 Å². The molecule has 0 saturated heterocycles. The maximum absolute atomic E-state index is 12.2. The van der Waals surface area contributed by atoms with Crippen molar-refractivity contribution in [2.45, 2.75) is 24.3 Å². The van der Waals surface area contributed by atoms with Crippen LogP contribution in [0.25, 0.3) is 10.8 Å². The lowest BCUT2D eigenvalue weighted by Gasteiger charge is -2.14. The van der Waals surface area contributed by atoms with Crippen LogP contribution >= 0.6 is 11.6 Å². The van der Waals surface area contributed by atoms with Crippen LogP contribution in [0.4, 0.5) is 0 Å². The Morgan fingerprint density at radius 1 is 1.07 bits per heavy atom. The minimum Gasteiger partial charge on any atom is -0.507 e. The molecule has 2 N–H and O–H groups in total. The van der Waals surface area contributed by atoms with Crippen LogP contribution in [0.3, 0.4) is 0 Å². The molecule has 1 unspecified atom stereocenters. The second kappa shape index (κ2) is 7.86. The molecule has 0 spiro atoms. The topological polar surface area (TPSA) is 83.8 Å². The zero-order valence-electron chi connectivity index (χ0n) is 14.6. The van der Waals surface area contributed by atoms with E-state index in [9.17, 15) is 18.6 Å². The average Bonchev–Trinajstić information content (AvgIpc) is 2.65. The van der Waals surface area contributed by atoms with Crippen molar-refractivity contribution in [3.05, 3.63) is 70.7 Å². The number of aryl methyl sites for hydroxylation is 1. The van der Waals surface area contributed by atoms with Crippen LogP contribution < -0.4 is 0 Å². The van der Waals surface area contributed by atoms with Gasteiger partial charge in [-0.2, -0.15) is 8.42 Å². The Bertz CT molecular complexity index is 1060. The zero-order chi connectivity index (χ0) is 19.6. The van der Waals surface area contributed by atoms with Crippen LogP contribution in [0.5, 0.6) is 5.75 Å². The summed E-state index contributed by atoms with van der Waals surface area (Å²) < 4.78 is 29.3. The first-order valence-electron chi connectivity index (χ1n) is 8.31. The molecule has 0 aliphatic heterocycles. The van der Waals surface area contributed by atoms with Crippen molar-refractivity contribution >= 4 is 32.5 Å². The lowest BCUT2D eigenvalue weighted by atomic mass is 10.0. The van der Waals surface area contributed by atoms with E-state index < -0.39 is 22.8 Å². The minimum atomic E-state index is -3.97. The van der Waals surface area contributed by atoms with Crippen LogP contribution in [-0.2, 0) is 20.7 Å². The second-order valence-electron chi connectivity index (χ2n) is 6.32. The molecule has 0 heterocycles. The third-order valence-corrected chi connectivity index (χ3v) is 5.83. The first-order chi connectivity index (χ1) is 12.8. The van der Waals surface area contributed by atoms with E-state index in [-0.39, 0.29) is 17.1 Å². The highest BCUT2D eigenvalue weighted by molar-refractivity contribution is 7.86. The van der Waals surface area contributed by atoms with Gasteiger partial charge in [-0.05, 0) is 30.7 Å². The third kappa shape index (κ3) is 4.42. The van der Waals surface area contributed by atoms with Crippen LogP contribution in [-0.4, -0.2) is 31.3 Å². The molecular weight excluding hydrogens is 388 g/mol. The summed E-state index contributed by atoms with van der Waals surface area (Å²) >= 11 is 6.24. The van der Waals surface area contributed by atoms with E-state index in [1.165, 1.54) is 12.1 Å². The quantitative estimate of drug-likeness (QED) is 0.608. The van der Waals surface area contributed by atoms with Gasteiger partial charge in [-0.1, -0.05) is 53.6 Å². The number of rotatable bonds is 6. The van der Waals surface area contributed by atoms with Gasteiger partial charge in [0, 0.05) is 22.2 Å². The van der Waals surface area contributed by atoms with Gasteiger partial charge in [-0.3, -0.25) is 4.18 Å². The van der Waals surface area contributed by atoms with Gasteiger partial charge in [0.1, 0.15) is 5.75 Å². The Balaban J connectivity index is 1.73. The number of hydrogen-bond acceptors (Lipinski definition) is 5. The van der Waals surface area contributed by atoms with Gasteiger partial charge >= 0.3 is 0 Å². The van der Waals surface area contributed by atoms with Gasteiger partial charge < -0.3 is 10.2 Å². The van der Waals surface area contributed by atoms with Gasteiger partial charge in [-0.15, -0.1) is 0 Å². The number of aromatic hydroxyl groups is 1. The van der Waals surface area contributed by atoms with Gasteiger partial charge in [0.05, 0.1) is 17.6 Å². The van der Waals surface area contributed by atoms with Crippen molar-refractivity contribution in [2.75, 3.05) is 6.61 Å². The number of benzene rings is 3. The summed E-state index contributed by atoms with van der Waals surface area (Å²) in [4.78, 5) is 0.0249. The fourth-order valence-corrected chi connectivity index (χ4v) is 4.02. The molecule has 5 nitrogen and oxygen atoms in total. The molecule has 0 radical (unpaired) electrons. The molecule has 3 aromatic rings. The molecule has 0 aliphatic rings. The van der Waals surface area contributed by atoms with Crippen molar-refractivity contribution in [3.8, 4) is 5.75 Å². The molecule has 0 saturated carbocycles. The van der Waals surface area contributed by atoms with E-state index in [4.69, 9.17) is 15.8 Å². The van der Waals surface area contributed by atoms with Crippen LogP contribution in [0, 0.1) is 6.92 Å². The maximum Gasteiger partial charge on any atom is 0.297 e. The zero-order valence-corrected chi connectivity index (χ0v) is 16.2. The SMILES string of the molecule is Cc1ccc(S(=O)(=O)OCC(O)Cc2cc(Cl)c3ccccc3c2O)cc1. The fourth-order valence-electron chi connectivity index (χ4n) is 2.78. The molecule has 1 atom stereocenters.